The zero-order valence-corrected chi connectivity index (χ0v) is 14.3. The summed E-state index contributed by atoms with van der Waals surface area (Å²) in [6, 6.07) is 9.57. The van der Waals surface area contributed by atoms with Crippen LogP contribution >= 0.6 is 0 Å². The van der Waals surface area contributed by atoms with Crippen molar-refractivity contribution in [2.75, 3.05) is 13.7 Å². The van der Waals surface area contributed by atoms with Crippen LogP contribution in [0.5, 0.6) is 17.2 Å². The molecule has 0 N–H and O–H groups in total. The minimum Gasteiger partial charge on any atom is -0.493 e. The van der Waals surface area contributed by atoms with Crippen molar-refractivity contribution in [1.29, 1.82) is 0 Å². The standard InChI is InChI=1S/C18H19NO6/c1-12-4-6-15(13(2)10-12)24-9-8-18(20)25-17-11-14(19(21)22)5-7-16(17)23-3/h4-7,10-11H,8-9H2,1-3H3. The molecule has 0 aliphatic heterocycles. The number of esters is 1. The Bertz CT molecular complexity index is 787. The fourth-order valence-electron chi connectivity index (χ4n) is 2.24. The lowest BCUT2D eigenvalue weighted by atomic mass is 10.1. The first kappa shape index (κ1) is 18.3. The molecule has 0 aliphatic rings. The molecule has 0 atom stereocenters. The predicted octanol–water partition coefficient (Wildman–Crippen LogP) is 3.59. The van der Waals surface area contributed by atoms with Crippen LogP contribution in [0.1, 0.15) is 17.5 Å². The van der Waals surface area contributed by atoms with Gasteiger partial charge in [-0.2, -0.15) is 0 Å². The lowest BCUT2D eigenvalue weighted by Gasteiger charge is -2.11. The van der Waals surface area contributed by atoms with Gasteiger partial charge in [-0.1, -0.05) is 17.7 Å². The third-order valence-electron chi connectivity index (χ3n) is 3.48. The van der Waals surface area contributed by atoms with Crippen molar-refractivity contribution in [3.05, 3.63) is 57.6 Å². The van der Waals surface area contributed by atoms with E-state index in [1.807, 2.05) is 32.0 Å². The minimum atomic E-state index is -0.569. The number of nitrogens with zero attached hydrogens (tertiary/aromatic N) is 1. The lowest BCUT2D eigenvalue weighted by molar-refractivity contribution is -0.384. The molecule has 0 amide bonds. The molecule has 0 bridgehead atoms. The number of ether oxygens (including phenoxy) is 3. The number of hydrogen-bond acceptors (Lipinski definition) is 6. The maximum absolute atomic E-state index is 12.0. The molecule has 7 heteroatoms. The third kappa shape index (κ3) is 4.94. The molecule has 0 fully saturated rings. The number of nitro groups is 1. The zero-order valence-electron chi connectivity index (χ0n) is 14.3. The number of aryl methyl sites for hydroxylation is 2. The molecule has 2 aromatic rings. The lowest BCUT2D eigenvalue weighted by Crippen LogP contribution is -2.13. The summed E-state index contributed by atoms with van der Waals surface area (Å²) < 4.78 is 15.8. The van der Waals surface area contributed by atoms with Crippen LogP contribution in [0.3, 0.4) is 0 Å². The summed E-state index contributed by atoms with van der Waals surface area (Å²) in [5, 5.41) is 10.8. The van der Waals surface area contributed by atoms with Gasteiger partial charge in [0.2, 0.25) is 0 Å². The first-order valence-electron chi connectivity index (χ1n) is 7.64. The Balaban J connectivity index is 1.96. The van der Waals surface area contributed by atoms with Crippen LogP contribution in [-0.4, -0.2) is 24.6 Å². The fourth-order valence-corrected chi connectivity index (χ4v) is 2.24. The number of carbonyl (C=O) groups is 1. The second-order valence-electron chi connectivity index (χ2n) is 5.43. The van der Waals surface area contributed by atoms with Crippen LogP contribution < -0.4 is 14.2 Å². The number of non-ortho nitro benzene ring substituents is 1. The summed E-state index contributed by atoms with van der Waals surface area (Å²) in [7, 11) is 1.39. The van der Waals surface area contributed by atoms with Gasteiger partial charge >= 0.3 is 5.97 Å². The molecule has 25 heavy (non-hydrogen) atoms. The molecule has 2 aromatic carbocycles. The number of nitro benzene ring substituents is 1. The van der Waals surface area contributed by atoms with Crippen LogP contribution in [0.2, 0.25) is 0 Å². The topological polar surface area (TPSA) is 87.9 Å². The SMILES string of the molecule is COc1ccc([N+](=O)[O-])cc1OC(=O)CCOc1ccc(C)cc1C. The summed E-state index contributed by atoms with van der Waals surface area (Å²) >= 11 is 0. The fraction of sp³-hybridized carbons (Fsp3) is 0.278. The quantitative estimate of drug-likeness (QED) is 0.330. The van der Waals surface area contributed by atoms with Gasteiger partial charge in [0.25, 0.3) is 5.69 Å². The Morgan fingerprint density at radius 1 is 1.08 bits per heavy atom. The van der Waals surface area contributed by atoms with E-state index in [0.29, 0.717) is 5.75 Å². The molecule has 0 saturated carbocycles. The second-order valence-corrected chi connectivity index (χ2v) is 5.43. The van der Waals surface area contributed by atoms with Gasteiger partial charge in [-0.25, -0.2) is 0 Å². The molecule has 0 heterocycles. The highest BCUT2D eigenvalue weighted by molar-refractivity contribution is 5.73. The van der Waals surface area contributed by atoms with Gasteiger partial charge in [0, 0.05) is 6.07 Å². The van der Waals surface area contributed by atoms with E-state index in [0.717, 1.165) is 17.2 Å². The average Bonchev–Trinajstić information content (AvgIpc) is 2.56. The van der Waals surface area contributed by atoms with Crippen molar-refractivity contribution < 1.29 is 23.9 Å². The van der Waals surface area contributed by atoms with E-state index >= 15 is 0 Å². The number of methoxy groups -OCH3 is 1. The van der Waals surface area contributed by atoms with Gasteiger partial charge < -0.3 is 14.2 Å². The Kier molecular flexibility index (Phi) is 5.94. The Morgan fingerprint density at radius 3 is 2.44 bits per heavy atom. The van der Waals surface area contributed by atoms with E-state index in [1.165, 1.54) is 19.2 Å². The molecule has 0 aliphatic carbocycles. The van der Waals surface area contributed by atoms with Crippen molar-refractivity contribution >= 4 is 11.7 Å². The van der Waals surface area contributed by atoms with Gasteiger partial charge in [0.15, 0.2) is 11.5 Å². The van der Waals surface area contributed by atoms with Crippen LogP contribution in [0, 0.1) is 24.0 Å². The van der Waals surface area contributed by atoms with E-state index < -0.39 is 10.9 Å². The molecule has 0 radical (unpaired) electrons. The highest BCUT2D eigenvalue weighted by atomic mass is 16.6. The Morgan fingerprint density at radius 2 is 1.80 bits per heavy atom. The summed E-state index contributed by atoms with van der Waals surface area (Å²) in [5.74, 6) is 0.386. The second kappa shape index (κ2) is 8.14. The molecule has 0 unspecified atom stereocenters. The monoisotopic (exact) mass is 345 g/mol. The van der Waals surface area contributed by atoms with Gasteiger partial charge in [-0.15, -0.1) is 0 Å². The summed E-state index contributed by atoms with van der Waals surface area (Å²) in [5.41, 5.74) is 1.92. The number of rotatable bonds is 7. The molecule has 7 nitrogen and oxygen atoms in total. The summed E-state index contributed by atoms with van der Waals surface area (Å²) in [6.45, 7) is 4.05. The van der Waals surface area contributed by atoms with Crippen LogP contribution in [-0.2, 0) is 4.79 Å². The smallest absolute Gasteiger partial charge is 0.314 e. The summed E-state index contributed by atoms with van der Waals surface area (Å²) in [4.78, 5) is 22.2. The maximum Gasteiger partial charge on any atom is 0.314 e. The number of benzene rings is 2. The highest BCUT2D eigenvalue weighted by Gasteiger charge is 2.15. The normalized spacial score (nSPS) is 10.2. The van der Waals surface area contributed by atoms with Gasteiger partial charge in [-0.3, -0.25) is 14.9 Å². The zero-order chi connectivity index (χ0) is 18.4. The van der Waals surface area contributed by atoms with Crippen LogP contribution in [0.25, 0.3) is 0 Å². The predicted molar refractivity (Wildman–Crippen MR) is 91.3 cm³/mol. The number of carbonyl (C=O) groups excluding carboxylic acids is 1. The van der Waals surface area contributed by atoms with Gasteiger partial charge in [-0.05, 0) is 31.5 Å². The van der Waals surface area contributed by atoms with E-state index in [-0.39, 0.29) is 30.2 Å². The first-order chi connectivity index (χ1) is 11.9. The molecular weight excluding hydrogens is 326 g/mol. The van der Waals surface area contributed by atoms with Crippen molar-refractivity contribution in [3.63, 3.8) is 0 Å². The van der Waals surface area contributed by atoms with E-state index in [9.17, 15) is 14.9 Å². The van der Waals surface area contributed by atoms with Crippen molar-refractivity contribution in [2.45, 2.75) is 20.3 Å². The molecule has 2 rings (SSSR count). The average molecular weight is 345 g/mol. The minimum absolute atomic E-state index is 0.000831. The molecular formula is C18H19NO6. The van der Waals surface area contributed by atoms with Crippen LogP contribution in [0.4, 0.5) is 5.69 Å². The van der Waals surface area contributed by atoms with Gasteiger partial charge in [0.05, 0.1) is 31.1 Å². The molecule has 132 valence electrons. The largest absolute Gasteiger partial charge is 0.493 e. The van der Waals surface area contributed by atoms with E-state index in [2.05, 4.69) is 0 Å². The van der Waals surface area contributed by atoms with Gasteiger partial charge in [0.1, 0.15) is 5.75 Å². The van der Waals surface area contributed by atoms with Crippen LogP contribution in [0.15, 0.2) is 36.4 Å². The van der Waals surface area contributed by atoms with E-state index in [4.69, 9.17) is 14.2 Å². The molecule has 0 aromatic heterocycles. The van der Waals surface area contributed by atoms with Crippen molar-refractivity contribution in [1.82, 2.24) is 0 Å². The molecule has 0 saturated heterocycles. The Hall–Kier alpha value is -3.09. The summed E-state index contributed by atoms with van der Waals surface area (Å²) in [6.07, 6.45) is -0.000831. The van der Waals surface area contributed by atoms with E-state index in [1.54, 1.807) is 0 Å². The van der Waals surface area contributed by atoms with Crippen molar-refractivity contribution in [3.8, 4) is 17.2 Å². The Labute approximate surface area is 145 Å². The van der Waals surface area contributed by atoms with Crippen molar-refractivity contribution in [2.24, 2.45) is 0 Å². The maximum atomic E-state index is 12.0. The highest BCUT2D eigenvalue weighted by Crippen LogP contribution is 2.31. The third-order valence-corrected chi connectivity index (χ3v) is 3.48. The first-order valence-corrected chi connectivity index (χ1v) is 7.64. The molecule has 0 spiro atoms. The number of hydrogen-bond donors (Lipinski definition) is 0.